The van der Waals surface area contributed by atoms with E-state index >= 15 is 0 Å². The van der Waals surface area contributed by atoms with Crippen LogP contribution in [0, 0.1) is 0 Å². The van der Waals surface area contributed by atoms with Gasteiger partial charge < -0.3 is 10.0 Å². The molecule has 1 heterocycles. The lowest BCUT2D eigenvalue weighted by molar-refractivity contribution is -0.131. The molecule has 1 fully saturated rings. The number of phenolic OH excluding ortho intramolecular Hbond substituents is 1. The lowest BCUT2D eigenvalue weighted by Gasteiger charge is -2.31. The molecule has 0 spiro atoms. The van der Waals surface area contributed by atoms with Crippen molar-refractivity contribution in [3.05, 3.63) is 28.8 Å². The molecule has 19 heavy (non-hydrogen) atoms. The van der Waals surface area contributed by atoms with E-state index in [9.17, 15) is 9.90 Å². The molecule has 1 aromatic rings. The first kappa shape index (κ1) is 14.5. The highest BCUT2D eigenvalue weighted by Crippen LogP contribution is 2.24. The molecule has 1 amide bonds. The van der Waals surface area contributed by atoms with E-state index in [1.54, 1.807) is 12.1 Å². The largest absolute Gasteiger partial charge is 0.506 e. The maximum Gasteiger partial charge on any atom is 0.226 e. The summed E-state index contributed by atoms with van der Waals surface area (Å²) in [7, 11) is 0. The summed E-state index contributed by atoms with van der Waals surface area (Å²) in [4.78, 5) is 14.0. The van der Waals surface area contributed by atoms with Gasteiger partial charge in [-0.2, -0.15) is 0 Å². The van der Waals surface area contributed by atoms with Crippen LogP contribution in [0.4, 0.5) is 0 Å². The van der Waals surface area contributed by atoms with E-state index in [1.165, 1.54) is 6.07 Å². The molecule has 0 saturated carbocycles. The number of likely N-dealkylation sites (tertiary alicyclic amines) is 1. The Hall–Kier alpha value is -0.910. The van der Waals surface area contributed by atoms with E-state index in [0.29, 0.717) is 12.5 Å². The summed E-state index contributed by atoms with van der Waals surface area (Å²) in [6, 6.07) is 5.26. The maximum atomic E-state index is 12.1. The number of thiol groups is 1. The summed E-state index contributed by atoms with van der Waals surface area (Å²) in [5.41, 5.74) is 0.822. The highest BCUT2D eigenvalue weighted by atomic mass is 35.5. The van der Waals surface area contributed by atoms with Crippen molar-refractivity contribution in [2.75, 3.05) is 13.1 Å². The topological polar surface area (TPSA) is 52.6 Å². The molecule has 0 aromatic heterocycles. The van der Waals surface area contributed by atoms with Crippen LogP contribution in [0.25, 0.3) is 0 Å². The first-order valence-corrected chi connectivity index (χ1v) is 7.07. The zero-order valence-corrected chi connectivity index (χ0v) is 12.1. The second-order valence-corrected chi connectivity index (χ2v) is 5.41. The predicted octanol–water partition coefficient (Wildman–Crippen LogP) is 2.01. The van der Waals surface area contributed by atoms with Crippen LogP contribution in [0.3, 0.4) is 0 Å². The van der Waals surface area contributed by atoms with Crippen molar-refractivity contribution in [1.82, 2.24) is 9.62 Å². The molecule has 1 aliphatic heterocycles. The minimum atomic E-state index is 0.0403. The van der Waals surface area contributed by atoms with Crippen molar-refractivity contribution >= 4 is 30.3 Å². The zero-order valence-electron chi connectivity index (χ0n) is 10.5. The number of hydrogen-bond acceptors (Lipinski definition) is 4. The molecular formula is C13H17ClN2O2S. The SMILES string of the molecule is O=C(Cc1ccc(O)c(Cl)c1)N1CCC(NS)CC1. The van der Waals surface area contributed by atoms with Gasteiger partial charge in [0.1, 0.15) is 5.75 Å². The Labute approximate surface area is 123 Å². The van der Waals surface area contributed by atoms with Crippen molar-refractivity contribution < 1.29 is 9.90 Å². The molecular weight excluding hydrogens is 284 g/mol. The Morgan fingerprint density at radius 1 is 1.47 bits per heavy atom. The van der Waals surface area contributed by atoms with E-state index in [0.717, 1.165) is 31.5 Å². The van der Waals surface area contributed by atoms with Crippen LogP contribution in [0.2, 0.25) is 5.02 Å². The first-order chi connectivity index (χ1) is 9.10. The number of benzene rings is 1. The number of phenols is 1. The number of rotatable bonds is 3. The fourth-order valence-corrected chi connectivity index (χ4v) is 2.67. The van der Waals surface area contributed by atoms with Crippen LogP contribution in [0.5, 0.6) is 5.75 Å². The van der Waals surface area contributed by atoms with E-state index in [4.69, 9.17) is 11.6 Å². The molecule has 6 heteroatoms. The molecule has 0 atom stereocenters. The molecule has 0 bridgehead atoms. The number of amides is 1. The molecule has 1 aliphatic rings. The Kier molecular flexibility index (Phi) is 4.96. The number of hydrogen-bond donors (Lipinski definition) is 3. The highest BCUT2D eigenvalue weighted by molar-refractivity contribution is 7.78. The number of nitrogens with one attached hydrogen (secondary N) is 1. The average molecular weight is 301 g/mol. The quantitative estimate of drug-likeness (QED) is 0.749. The molecule has 0 radical (unpaired) electrons. The van der Waals surface area contributed by atoms with E-state index < -0.39 is 0 Å². The number of piperidine rings is 1. The second-order valence-electron chi connectivity index (χ2n) is 4.75. The van der Waals surface area contributed by atoms with Gasteiger partial charge in [-0.25, -0.2) is 0 Å². The summed E-state index contributed by atoms with van der Waals surface area (Å²) in [5, 5.41) is 9.62. The summed E-state index contributed by atoms with van der Waals surface area (Å²) in [6.07, 6.45) is 2.16. The number of halogens is 1. The van der Waals surface area contributed by atoms with Gasteiger partial charge in [0.05, 0.1) is 11.4 Å². The Balaban J connectivity index is 1.92. The van der Waals surface area contributed by atoms with Crippen molar-refractivity contribution in [2.24, 2.45) is 0 Å². The number of nitrogens with zero attached hydrogens (tertiary/aromatic N) is 1. The van der Waals surface area contributed by atoms with Gasteiger partial charge in [0, 0.05) is 19.1 Å². The van der Waals surface area contributed by atoms with Crippen LogP contribution < -0.4 is 4.72 Å². The summed E-state index contributed by atoms with van der Waals surface area (Å²) in [6.45, 7) is 1.51. The normalized spacial score (nSPS) is 16.6. The molecule has 104 valence electrons. The minimum Gasteiger partial charge on any atom is -0.506 e. The van der Waals surface area contributed by atoms with Crippen LogP contribution in [-0.4, -0.2) is 35.0 Å². The highest BCUT2D eigenvalue weighted by Gasteiger charge is 2.22. The van der Waals surface area contributed by atoms with Crippen LogP contribution >= 0.6 is 24.4 Å². The maximum absolute atomic E-state index is 12.1. The lowest BCUT2D eigenvalue weighted by atomic mass is 10.0. The first-order valence-electron chi connectivity index (χ1n) is 6.25. The van der Waals surface area contributed by atoms with Crippen molar-refractivity contribution in [1.29, 1.82) is 0 Å². The van der Waals surface area contributed by atoms with Gasteiger partial charge in [0.15, 0.2) is 0 Å². The number of carbonyl (C=O) groups excluding carboxylic acids is 1. The monoisotopic (exact) mass is 300 g/mol. The van der Waals surface area contributed by atoms with Gasteiger partial charge in [0.2, 0.25) is 5.91 Å². The Morgan fingerprint density at radius 3 is 2.74 bits per heavy atom. The Morgan fingerprint density at radius 2 is 2.16 bits per heavy atom. The summed E-state index contributed by atoms with van der Waals surface area (Å²) in [5.74, 6) is 0.137. The summed E-state index contributed by atoms with van der Waals surface area (Å²) < 4.78 is 2.94. The number of carbonyl (C=O) groups is 1. The number of aromatic hydroxyl groups is 1. The van der Waals surface area contributed by atoms with Gasteiger partial charge in [-0.05, 0) is 30.5 Å². The van der Waals surface area contributed by atoms with Crippen LogP contribution in [0.1, 0.15) is 18.4 Å². The van der Waals surface area contributed by atoms with Gasteiger partial charge in [0.25, 0.3) is 0 Å². The molecule has 4 nitrogen and oxygen atoms in total. The predicted molar refractivity (Wildman–Crippen MR) is 78.5 cm³/mol. The molecule has 1 saturated heterocycles. The lowest BCUT2D eigenvalue weighted by Crippen LogP contribution is -2.43. The van der Waals surface area contributed by atoms with E-state index in [1.807, 2.05) is 4.90 Å². The van der Waals surface area contributed by atoms with Gasteiger partial charge in [-0.3, -0.25) is 9.52 Å². The summed E-state index contributed by atoms with van der Waals surface area (Å²) >= 11 is 9.88. The Bertz CT molecular complexity index is 462. The standard InChI is InChI=1S/C13H17ClN2O2S/c14-11-7-9(1-2-12(11)17)8-13(18)16-5-3-10(15-19)4-6-16/h1-2,7,10,15,17,19H,3-6,8H2. The molecule has 2 N–H and O–H groups in total. The van der Waals surface area contributed by atoms with Gasteiger partial charge >= 0.3 is 0 Å². The average Bonchev–Trinajstić information content (AvgIpc) is 2.43. The molecule has 2 rings (SSSR count). The molecule has 0 unspecified atom stereocenters. The van der Waals surface area contributed by atoms with Crippen molar-refractivity contribution in [2.45, 2.75) is 25.3 Å². The fourth-order valence-electron chi connectivity index (χ4n) is 2.20. The van der Waals surface area contributed by atoms with Gasteiger partial charge in [-0.1, -0.05) is 30.5 Å². The smallest absolute Gasteiger partial charge is 0.226 e. The third-order valence-electron chi connectivity index (χ3n) is 3.40. The van der Waals surface area contributed by atoms with Crippen LogP contribution in [-0.2, 0) is 11.2 Å². The van der Waals surface area contributed by atoms with Crippen molar-refractivity contribution in [3.63, 3.8) is 0 Å². The van der Waals surface area contributed by atoms with E-state index in [-0.39, 0.29) is 16.7 Å². The van der Waals surface area contributed by atoms with Gasteiger partial charge in [-0.15, -0.1) is 0 Å². The molecule has 1 aromatic carbocycles. The third-order valence-corrected chi connectivity index (χ3v) is 4.07. The van der Waals surface area contributed by atoms with Crippen molar-refractivity contribution in [3.8, 4) is 5.75 Å². The van der Waals surface area contributed by atoms with Crippen LogP contribution in [0.15, 0.2) is 18.2 Å². The fraction of sp³-hybridized carbons (Fsp3) is 0.462. The second kappa shape index (κ2) is 6.50. The minimum absolute atomic E-state index is 0.0403. The molecule has 0 aliphatic carbocycles. The zero-order chi connectivity index (χ0) is 13.8. The van der Waals surface area contributed by atoms with E-state index in [2.05, 4.69) is 17.5 Å². The third kappa shape index (κ3) is 3.78.